The summed E-state index contributed by atoms with van der Waals surface area (Å²) in [5.41, 5.74) is 3.77. The van der Waals surface area contributed by atoms with Gasteiger partial charge in [-0.1, -0.05) is 0 Å². The molecule has 0 atom stereocenters. The van der Waals surface area contributed by atoms with Crippen molar-refractivity contribution in [2.75, 3.05) is 6.54 Å². The lowest BCUT2D eigenvalue weighted by Gasteiger charge is -2.27. The molecule has 0 fully saturated rings. The standard InChI is InChI=1S/C16H16N6O2/c1-8-5-10(13-9(2)20-21-14(13)19-8)16(24)22-4-3-12-11(6-22)15(23)18-7-17-12/h5,7H,3-4,6H2,1-2H3,(H,17,18,23)(H,19,20,21). The third kappa shape index (κ3) is 2.18. The number of rotatable bonds is 1. The Morgan fingerprint density at radius 3 is 3.00 bits per heavy atom. The van der Waals surface area contributed by atoms with Gasteiger partial charge in [-0.25, -0.2) is 9.97 Å². The predicted molar refractivity (Wildman–Crippen MR) is 86.7 cm³/mol. The van der Waals surface area contributed by atoms with Crippen molar-refractivity contribution in [3.63, 3.8) is 0 Å². The van der Waals surface area contributed by atoms with Crippen LogP contribution in [0.25, 0.3) is 11.0 Å². The summed E-state index contributed by atoms with van der Waals surface area (Å²) >= 11 is 0. The molecule has 8 nitrogen and oxygen atoms in total. The van der Waals surface area contributed by atoms with E-state index in [4.69, 9.17) is 0 Å². The van der Waals surface area contributed by atoms with Gasteiger partial charge < -0.3 is 9.88 Å². The van der Waals surface area contributed by atoms with E-state index in [9.17, 15) is 9.59 Å². The number of carbonyl (C=O) groups is 1. The van der Waals surface area contributed by atoms with Crippen LogP contribution in [0.15, 0.2) is 17.2 Å². The summed E-state index contributed by atoms with van der Waals surface area (Å²) in [7, 11) is 0. The Bertz CT molecular complexity index is 1020. The van der Waals surface area contributed by atoms with Crippen LogP contribution in [0.4, 0.5) is 0 Å². The number of amides is 1. The van der Waals surface area contributed by atoms with Crippen LogP contribution in [0.1, 0.15) is 33.0 Å². The van der Waals surface area contributed by atoms with E-state index in [0.29, 0.717) is 29.7 Å². The second-order valence-corrected chi connectivity index (χ2v) is 5.99. The highest BCUT2D eigenvalue weighted by atomic mass is 16.2. The Kier molecular flexibility index (Phi) is 3.19. The number of aromatic nitrogens is 5. The summed E-state index contributed by atoms with van der Waals surface area (Å²) in [5, 5.41) is 7.76. The molecule has 3 aromatic heterocycles. The minimum Gasteiger partial charge on any atom is -0.334 e. The molecule has 1 aliphatic rings. The molecule has 0 radical (unpaired) electrons. The second kappa shape index (κ2) is 5.26. The molecule has 4 rings (SSSR count). The molecule has 4 heterocycles. The fourth-order valence-corrected chi connectivity index (χ4v) is 3.17. The van der Waals surface area contributed by atoms with E-state index in [1.54, 1.807) is 11.0 Å². The molecule has 0 aliphatic carbocycles. The molecular formula is C16H16N6O2. The highest BCUT2D eigenvalue weighted by Crippen LogP contribution is 2.23. The molecule has 0 unspecified atom stereocenters. The van der Waals surface area contributed by atoms with Crippen LogP contribution in [0, 0.1) is 13.8 Å². The molecule has 0 saturated carbocycles. The van der Waals surface area contributed by atoms with E-state index in [-0.39, 0.29) is 18.0 Å². The minimum absolute atomic E-state index is 0.121. The van der Waals surface area contributed by atoms with E-state index in [1.165, 1.54) is 6.33 Å². The maximum Gasteiger partial charge on any atom is 0.255 e. The summed E-state index contributed by atoms with van der Waals surface area (Å²) in [6.07, 6.45) is 1.98. The Balaban J connectivity index is 1.77. The Morgan fingerprint density at radius 1 is 1.33 bits per heavy atom. The first kappa shape index (κ1) is 14.6. The van der Waals surface area contributed by atoms with Gasteiger partial charge >= 0.3 is 0 Å². The maximum absolute atomic E-state index is 13.1. The molecule has 0 aromatic carbocycles. The van der Waals surface area contributed by atoms with Crippen molar-refractivity contribution in [1.82, 2.24) is 30.0 Å². The number of hydrogen-bond donors (Lipinski definition) is 2. The fourth-order valence-electron chi connectivity index (χ4n) is 3.17. The SMILES string of the molecule is Cc1cc(C(=O)N2CCc3nc[nH]c(=O)c3C2)c2c(C)[nH]nc2n1. The Labute approximate surface area is 136 Å². The number of aromatic amines is 2. The van der Waals surface area contributed by atoms with Gasteiger partial charge in [0.05, 0.1) is 35.1 Å². The number of H-pyrrole nitrogens is 2. The van der Waals surface area contributed by atoms with Crippen LogP contribution in [-0.4, -0.2) is 42.5 Å². The van der Waals surface area contributed by atoms with Gasteiger partial charge in [0.1, 0.15) is 0 Å². The predicted octanol–water partition coefficient (Wildman–Crippen LogP) is 0.857. The van der Waals surface area contributed by atoms with E-state index >= 15 is 0 Å². The van der Waals surface area contributed by atoms with Gasteiger partial charge in [0.25, 0.3) is 11.5 Å². The van der Waals surface area contributed by atoms with E-state index in [0.717, 1.165) is 22.5 Å². The lowest BCUT2D eigenvalue weighted by atomic mass is 10.0. The minimum atomic E-state index is -0.187. The quantitative estimate of drug-likeness (QED) is 0.690. The molecule has 122 valence electrons. The average Bonchev–Trinajstić information content (AvgIpc) is 2.94. The summed E-state index contributed by atoms with van der Waals surface area (Å²) in [6.45, 7) is 4.49. The van der Waals surface area contributed by atoms with Crippen molar-refractivity contribution < 1.29 is 4.79 Å². The molecule has 1 amide bonds. The highest BCUT2D eigenvalue weighted by molar-refractivity contribution is 6.06. The molecule has 2 N–H and O–H groups in total. The van der Waals surface area contributed by atoms with Crippen molar-refractivity contribution in [2.45, 2.75) is 26.8 Å². The molecule has 3 aromatic rings. The van der Waals surface area contributed by atoms with Crippen molar-refractivity contribution in [1.29, 1.82) is 0 Å². The van der Waals surface area contributed by atoms with Crippen LogP contribution in [-0.2, 0) is 13.0 Å². The lowest BCUT2D eigenvalue weighted by molar-refractivity contribution is 0.0734. The first-order valence-corrected chi connectivity index (χ1v) is 7.71. The van der Waals surface area contributed by atoms with Crippen molar-refractivity contribution >= 4 is 16.9 Å². The van der Waals surface area contributed by atoms with Crippen LogP contribution in [0.5, 0.6) is 0 Å². The number of nitrogens with one attached hydrogen (secondary N) is 2. The fraction of sp³-hybridized carbons (Fsp3) is 0.312. The van der Waals surface area contributed by atoms with Crippen LogP contribution in [0.2, 0.25) is 0 Å². The van der Waals surface area contributed by atoms with Gasteiger partial charge in [-0.2, -0.15) is 5.10 Å². The summed E-state index contributed by atoms with van der Waals surface area (Å²) in [4.78, 5) is 37.9. The van der Waals surface area contributed by atoms with Gasteiger partial charge in [-0.15, -0.1) is 0 Å². The van der Waals surface area contributed by atoms with Gasteiger partial charge in [0.2, 0.25) is 0 Å². The number of nitrogens with zero attached hydrogens (tertiary/aromatic N) is 4. The third-order valence-corrected chi connectivity index (χ3v) is 4.36. The number of pyridine rings is 1. The first-order valence-electron chi connectivity index (χ1n) is 7.71. The topological polar surface area (TPSA) is 108 Å². The van der Waals surface area contributed by atoms with Gasteiger partial charge in [0.15, 0.2) is 5.65 Å². The van der Waals surface area contributed by atoms with Crippen molar-refractivity contribution in [3.05, 3.63) is 51.0 Å². The molecule has 24 heavy (non-hydrogen) atoms. The number of aryl methyl sites for hydroxylation is 2. The van der Waals surface area contributed by atoms with Gasteiger partial charge in [0, 0.05) is 24.4 Å². The molecule has 0 saturated heterocycles. The van der Waals surface area contributed by atoms with E-state index in [1.807, 2.05) is 13.8 Å². The molecular weight excluding hydrogens is 308 g/mol. The normalized spacial score (nSPS) is 14.0. The molecule has 0 spiro atoms. The van der Waals surface area contributed by atoms with Crippen LogP contribution >= 0.6 is 0 Å². The van der Waals surface area contributed by atoms with Gasteiger partial charge in [-0.3, -0.25) is 14.7 Å². The second-order valence-electron chi connectivity index (χ2n) is 5.99. The number of fused-ring (bicyclic) bond motifs is 2. The van der Waals surface area contributed by atoms with E-state index < -0.39 is 0 Å². The average molecular weight is 324 g/mol. The lowest BCUT2D eigenvalue weighted by Crippen LogP contribution is -2.39. The molecule has 1 aliphatic heterocycles. The third-order valence-electron chi connectivity index (χ3n) is 4.36. The largest absolute Gasteiger partial charge is 0.334 e. The number of hydrogen-bond acceptors (Lipinski definition) is 5. The zero-order valence-electron chi connectivity index (χ0n) is 13.4. The summed E-state index contributed by atoms with van der Waals surface area (Å²) in [5.74, 6) is -0.121. The number of carbonyl (C=O) groups excluding carboxylic acids is 1. The van der Waals surface area contributed by atoms with Crippen molar-refractivity contribution in [3.8, 4) is 0 Å². The first-order chi connectivity index (χ1) is 11.5. The molecule has 0 bridgehead atoms. The molecule has 8 heteroatoms. The maximum atomic E-state index is 13.1. The smallest absolute Gasteiger partial charge is 0.255 e. The zero-order chi connectivity index (χ0) is 16.8. The van der Waals surface area contributed by atoms with Crippen LogP contribution < -0.4 is 5.56 Å². The van der Waals surface area contributed by atoms with E-state index in [2.05, 4.69) is 25.1 Å². The Morgan fingerprint density at radius 2 is 2.17 bits per heavy atom. The van der Waals surface area contributed by atoms with Gasteiger partial charge in [-0.05, 0) is 19.9 Å². The summed E-state index contributed by atoms with van der Waals surface area (Å²) < 4.78 is 0. The van der Waals surface area contributed by atoms with Crippen LogP contribution in [0.3, 0.4) is 0 Å². The zero-order valence-corrected chi connectivity index (χ0v) is 13.4. The van der Waals surface area contributed by atoms with Crippen molar-refractivity contribution in [2.24, 2.45) is 0 Å². The Hall–Kier alpha value is -3.03. The highest BCUT2D eigenvalue weighted by Gasteiger charge is 2.26. The monoisotopic (exact) mass is 324 g/mol. The summed E-state index contributed by atoms with van der Waals surface area (Å²) in [6, 6.07) is 1.77.